The Morgan fingerprint density at radius 1 is 1.39 bits per heavy atom. The first-order chi connectivity index (χ1) is 10.3. The number of rotatable bonds is 5. The molecule has 2 N–H and O–H groups in total. The average molecular weight is 353 g/mol. The van der Waals surface area contributed by atoms with E-state index in [0.29, 0.717) is 17.7 Å². The number of amides is 1. The van der Waals surface area contributed by atoms with Gasteiger partial charge in [0, 0.05) is 37.9 Å². The second-order valence-electron chi connectivity index (χ2n) is 5.93. The summed E-state index contributed by atoms with van der Waals surface area (Å²) in [5.74, 6) is -2.61. The Morgan fingerprint density at radius 3 is 2.39 bits per heavy atom. The quantitative estimate of drug-likeness (QED) is 0.406. The molecule has 23 heavy (non-hydrogen) atoms. The number of nitrogens with zero attached hydrogens (tertiary/aromatic N) is 1. The Balaban J connectivity index is 0.00000192. The van der Waals surface area contributed by atoms with Crippen LogP contribution in [0.15, 0.2) is 10.6 Å². The van der Waals surface area contributed by atoms with Crippen molar-refractivity contribution < 1.29 is 29.3 Å². The van der Waals surface area contributed by atoms with Crippen LogP contribution in [-0.4, -0.2) is 88.0 Å². The van der Waals surface area contributed by atoms with E-state index in [1.54, 1.807) is 21.1 Å². The third-order valence-corrected chi connectivity index (χ3v) is 6.28. The van der Waals surface area contributed by atoms with Crippen molar-refractivity contribution in [2.24, 2.45) is 11.8 Å². The van der Waals surface area contributed by atoms with Crippen molar-refractivity contribution >= 4 is 53.2 Å². The van der Waals surface area contributed by atoms with Crippen LogP contribution in [0.25, 0.3) is 0 Å². The van der Waals surface area contributed by atoms with Crippen molar-refractivity contribution in [3.63, 3.8) is 0 Å². The number of methoxy groups -OCH3 is 2. The van der Waals surface area contributed by atoms with Gasteiger partial charge in [0.15, 0.2) is 5.79 Å². The average Bonchev–Trinajstić information content (AvgIpc) is 2.73. The summed E-state index contributed by atoms with van der Waals surface area (Å²) in [4.78, 5) is 25.7. The molecular weight excluding hydrogens is 333 g/mol. The first-order valence-corrected chi connectivity index (χ1v) is 7.98. The Hall–Kier alpha value is -0.0900. The number of thioether (sulfide) groups is 1. The van der Waals surface area contributed by atoms with Crippen molar-refractivity contribution in [3.8, 4) is 0 Å². The molecule has 1 saturated carbocycles. The van der Waals surface area contributed by atoms with Gasteiger partial charge in [-0.25, -0.2) is 4.79 Å². The van der Waals surface area contributed by atoms with Gasteiger partial charge >= 0.3 is 35.5 Å². The van der Waals surface area contributed by atoms with E-state index in [-0.39, 0.29) is 52.5 Å². The number of aliphatic hydroxyl groups excluding tert-OH is 1. The summed E-state index contributed by atoms with van der Waals surface area (Å²) in [6.45, 7) is 1.56. The maximum absolute atomic E-state index is 12.1. The Bertz CT molecular complexity index is 553. The van der Waals surface area contributed by atoms with Gasteiger partial charge in [0.25, 0.3) is 0 Å². The van der Waals surface area contributed by atoms with Crippen LogP contribution in [0.2, 0.25) is 0 Å². The molecule has 124 valence electrons. The number of carboxylic acid groups (broad SMARTS) is 1. The molecule has 3 rings (SSSR count). The van der Waals surface area contributed by atoms with Gasteiger partial charge < -0.3 is 19.7 Å². The summed E-state index contributed by atoms with van der Waals surface area (Å²) >= 11 is 1.38. The predicted molar refractivity (Wildman–Crippen MR) is 84.7 cm³/mol. The maximum atomic E-state index is 12.1. The van der Waals surface area contributed by atoms with Gasteiger partial charge in [-0.3, -0.25) is 9.69 Å². The summed E-state index contributed by atoms with van der Waals surface area (Å²) in [5, 5.41) is 18.9. The number of hydrogen-bond acceptors (Lipinski definition) is 6. The van der Waals surface area contributed by atoms with Crippen LogP contribution < -0.4 is 0 Å². The fraction of sp³-hybridized carbons (Fsp3) is 0.714. The third kappa shape index (κ3) is 2.78. The molecule has 7 nitrogen and oxygen atoms in total. The molecule has 3 aliphatic rings. The molecule has 0 radical (unpaired) electrons. The van der Waals surface area contributed by atoms with E-state index in [4.69, 9.17) is 9.47 Å². The van der Waals surface area contributed by atoms with Gasteiger partial charge in [0.2, 0.25) is 5.91 Å². The van der Waals surface area contributed by atoms with E-state index in [1.165, 1.54) is 16.7 Å². The van der Waals surface area contributed by atoms with Crippen molar-refractivity contribution in [1.82, 2.24) is 4.90 Å². The number of ether oxygens (including phenoxy) is 2. The number of allylic oxidation sites excluding steroid dienone is 1. The zero-order valence-corrected chi connectivity index (χ0v) is 13.4. The van der Waals surface area contributed by atoms with E-state index in [9.17, 15) is 19.8 Å². The van der Waals surface area contributed by atoms with Gasteiger partial charge in [-0.2, -0.15) is 0 Å². The number of carboxylic acids is 1. The van der Waals surface area contributed by atoms with Crippen molar-refractivity contribution in [2.75, 3.05) is 14.2 Å². The molecular formula is C14H20NNaO6S. The Kier molecular flexibility index (Phi) is 5.58. The van der Waals surface area contributed by atoms with Gasteiger partial charge in [-0.15, -0.1) is 11.8 Å². The molecule has 1 saturated heterocycles. The van der Waals surface area contributed by atoms with E-state index < -0.39 is 23.8 Å². The molecule has 0 aromatic heterocycles. The molecule has 1 amide bonds. The number of aliphatic carboxylic acids is 1. The van der Waals surface area contributed by atoms with Crippen LogP contribution in [0.4, 0.5) is 0 Å². The number of carbonyl (C=O) groups is 2. The molecule has 2 aliphatic heterocycles. The number of β-lactam (4-membered cyclic amide) rings is 1. The molecule has 9 heteroatoms. The summed E-state index contributed by atoms with van der Waals surface area (Å²) in [6, 6.07) is 0. The number of fused-ring (bicyclic) bond motifs is 1. The zero-order valence-electron chi connectivity index (χ0n) is 12.6. The van der Waals surface area contributed by atoms with E-state index in [2.05, 4.69) is 0 Å². The molecule has 1 aliphatic carbocycles. The normalized spacial score (nSPS) is 30.3. The van der Waals surface area contributed by atoms with Crippen LogP contribution >= 0.6 is 11.8 Å². The first-order valence-electron chi connectivity index (χ1n) is 7.11. The molecule has 0 aromatic rings. The van der Waals surface area contributed by atoms with Crippen LogP contribution in [0.3, 0.4) is 0 Å². The van der Waals surface area contributed by atoms with E-state index in [0.717, 1.165) is 0 Å². The SMILES string of the molecule is COC1(OC)CC(C2=C(C(=O)O)N3C(=O)[C@H]([C@@H](C)O)[C@H]3S2)C1.[NaH]. The topological polar surface area (TPSA) is 96.3 Å². The molecule has 0 aromatic carbocycles. The predicted octanol–water partition coefficient (Wildman–Crippen LogP) is -0.0547. The van der Waals surface area contributed by atoms with Gasteiger partial charge in [-0.05, 0) is 6.92 Å². The van der Waals surface area contributed by atoms with Gasteiger partial charge in [-0.1, -0.05) is 0 Å². The first kappa shape index (κ1) is 19.2. The fourth-order valence-electron chi connectivity index (χ4n) is 3.39. The van der Waals surface area contributed by atoms with Crippen molar-refractivity contribution in [1.29, 1.82) is 0 Å². The van der Waals surface area contributed by atoms with Gasteiger partial charge in [0.05, 0.1) is 12.0 Å². The van der Waals surface area contributed by atoms with E-state index >= 15 is 0 Å². The van der Waals surface area contributed by atoms with Crippen LogP contribution in [0.5, 0.6) is 0 Å². The number of carbonyl (C=O) groups excluding carboxylic acids is 1. The minimum atomic E-state index is -1.10. The number of hydrogen-bond donors (Lipinski definition) is 2. The Morgan fingerprint density at radius 2 is 1.96 bits per heavy atom. The molecule has 0 spiro atoms. The summed E-state index contributed by atoms with van der Waals surface area (Å²) in [5.41, 5.74) is 0.0581. The Labute approximate surface area is 160 Å². The second kappa shape index (κ2) is 6.67. The summed E-state index contributed by atoms with van der Waals surface area (Å²) in [7, 11) is 3.13. The second-order valence-corrected chi connectivity index (χ2v) is 7.08. The molecule has 3 atom stereocenters. The number of aliphatic hydroxyl groups is 1. The minimum absolute atomic E-state index is 0. The van der Waals surface area contributed by atoms with Crippen LogP contribution in [0, 0.1) is 11.8 Å². The third-order valence-electron chi connectivity index (χ3n) is 4.76. The van der Waals surface area contributed by atoms with Crippen molar-refractivity contribution in [3.05, 3.63) is 10.6 Å². The fourth-order valence-corrected chi connectivity index (χ4v) is 5.11. The summed E-state index contributed by atoms with van der Waals surface area (Å²) < 4.78 is 10.7. The zero-order chi connectivity index (χ0) is 16.2. The monoisotopic (exact) mass is 353 g/mol. The van der Waals surface area contributed by atoms with Crippen LogP contribution in [-0.2, 0) is 19.1 Å². The molecule has 0 bridgehead atoms. The van der Waals surface area contributed by atoms with Crippen LogP contribution in [0.1, 0.15) is 19.8 Å². The molecule has 0 unspecified atom stereocenters. The van der Waals surface area contributed by atoms with Crippen molar-refractivity contribution in [2.45, 2.75) is 37.0 Å². The molecule has 2 fully saturated rings. The van der Waals surface area contributed by atoms with Gasteiger partial charge in [0.1, 0.15) is 11.1 Å². The molecule has 2 heterocycles. The van der Waals surface area contributed by atoms with E-state index in [1.807, 2.05) is 0 Å². The summed E-state index contributed by atoms with van der Waals surface area (Å²) in [6.07, 6.45) is 0.342. The standard InChI is InChI=1S/C14H19NO6S.Na.H/c1-6(16)8-11(17)15-9(13(18)19)10(22-12(8)15)7-4-14(5-7,20-2)21-3;;/h6-8,12,16H,4-5H2,1-3H3,(H,18,19);;/t6-,8+,12-;;/m1../s1.